The number of carbonyl (C=O) groups excluding carboxylic acids is 1. The Balaban J connectivity index is 2.08. The molecule has 0 radical (unpaired) electrons. The van der Waals surface area contributed by atoms with Crippen LogP contribution in [0.15, 0.2) is 55.3 Å². The molecule has 0 bridgehead atoms. The van der Waals surface area contributed by atoms with E-state index in [0.717, 1.165) is 12.1 Å². The van der Waals surface area contributed by atoms with Crippen LogP contribution in [0.4, 0.5) is 24.5 Å². The molecule has 120 valence electrons. The van der Waals surface area contributed by atoms with Crippen LogP contribution in [0.2, 0.25) is 0 Å². The summed E-state index contributed by atoms with van der Waals surface area (Å²) in [6, 6.07) is 7.55. The summed E-state index contributed by atoms with van der Waals surface area (Å²) in [6.45, 7) is 4.12. The van der Waals surface area contributed by atoms with Crippen LogP contribution in [0.25, 0.3) is 0 Å². The molecule has 2 rings (SSSR count). The summed E-state index contributed by atoms with van der Waals surface area (Å²) < 4.78 is 37.9. The molecular weight excluding hydrogens is 307 g/mol. The molecule has 1 heterocycles. The highest BCUT2D eigenvalue weighted by Crippen LogP contribution is 2.30. The number of benzene rings is 1. The van der Waals surface area contributed by atoms with Gasteiger partial charge in [-0.15, -0.1) is 6.58 Å². The molecule has 4 nitrogen and oxygen atoms in total. The van der Waals surface area contributed by atoms with Crippen molar-refractivity contribution in [2.45, 2.75) is 6.18 Å². The third-order valence-electron chi connectivity index (χ3n) is 2.89. The van der Waals surface area contributed by atoms with Crippen LogP contribution in [0.3, 0.4) is 0 Å². The summed E-state index contributed by atoms with van der Waals surface area (Å²) in [4.78, 5) is 16.0. The first-order chi connectivity index (χ1) is 10.9. The highest BCUT2D eigenvalue weighted by Gasteiger charge is 2.30. The standard InChI is InChI=1S/C16H14F3N3O/c1-2-8-20-13-6-7-14(21-10-13)15(23)22-12-5-3-4-11(9-12)16(17,18)19/h2-7,9-10,20H,1,8H2,(H,22,23). The minimum Gasteiger partial charge on any atom is -0.380 e. The maximum atomic E-state index is 12.6. The van der Waals surface area contributed by atoms with Gasteiger partial charge in [0, 0.05) is 12.2 Å². The number of pyridine rings is 1. The first kappa shape index (κ1) is 16.5. The fourth-order valence-corrected chi connectivity index (χ4v) is 1.79. The average molecular weight is 321 g/mol. The number of amides is 1. The lowest BCUT2D eigenvalue weighted by atomic mass is 10.2. The summed E-state index contributed by atoms with van der Waals surface area (Å²) >= 11 is 0. The second-order valence-electron chi connectivity index (χ2n) is 4.63. The van der Waals surface area contributed by atoms with Crippen molar-refractivity contribution in [3.8, 4) is 0 Å². The van der Waals surface area contributed by atoms with Crippen molar-refractivity contribution in [1.29, 1.82) is 0 Å². The van der Waals surface area contributed by atoms with Crippen LogP contribution < -0.4 is 10.6 Å². The van der Waals surface area contributed by atoms with Gasteiger partial charge in [-0.2, -0.15) is 13.2 Å². The van der Waals surface area contributed by atoms with E-state index in [9.17, 15) is 18.0 Å². The fourth-order valence-electron chi connectivity index (χ4n) is 1.79. The Morgan fingerprint density at radius 1 is 1.22 bits per heavy atom. The Morgan fingerprint density at radius 3 is 2.61 bits per heavy atom. The molecule has 1 aromatic carbocycles. The van der Waals surface area contributed by atoms with Gasteiger partial charge in [0.15, 0.2) is 0 Å². The van der Waals surface area contributed by atoms with Gasteiger partial charge in [0.05, 0.1) is 17.4 Å². The summed E-state index contributed by atoms with van der Waals surface area (Å²) in [6.07, 6.45) is -1.32. The first-order valence-electron chi connectivity index (χ1n) is 6.69. The maximum Gasteiger partial charge on any atom is 0.416 e. The molecule has 0 saturated heterocycles. The van der Waals surface area contributed by atoms with E-state index in [4.69, 9.17) is 0 Å². The van der Waals surface area contributed by atoms with Gasteiger partial charge in [-0.05, 0) is 30.3 Å². The van der Waals surface area contributed by atoms with Gasteiger partial charge in [-0.3, -0.25) is 4.79 Å². The molecule has 0 atom stereocenters. The van der Waals surface area contributed by atoms with Gasteiger partial charge >= 0.3 is 6.18 Å². The van der Waals surface area contributed by atoms with Crippen molar-refractivity contribution in [3.63, 3.8) is 0 Å². The van der Waals surface area contributed by atoms with Crippen molar-refractivity contribution in [2.75, 3.05) is 17.2 Å². The Bertz CT molecular complexity index is 696. The number of aromatic nitrogens is 1. The summed E-state index contributed by atoms with van der Waals surface area (Å²) in [7, 11) is 0. The third kappa shape index (κ3) is 4.57. The predicted molar refractivity (Wildman–Crippen MR) is 82.3 cm³/mol. The second-order valence-corrected chi connectivity index (χ2v) is 4.63. The zero-order valence-corrected chi connectivity index (χ0v) is 12.0. The zero-order valence-electron chi connectivity index (χ0n) is 12.0. The number of rotatable bonds is 5. The predicted octanol–water partition coefficient (Wildman–Crippen LogP) is 3.95. The van der Waals surface area contributed by atoms with Crippen LogP contribution in [0, 0.1) is 0 Å². The van der Waals surface area contributed by atoms with E-state index < -0.39 is 17.6 Å². The molecule has 0 fully saturated rings. The largest absolute Gasteiger partial charge is 0.416 e. The van der Waals surface area contributed by atoms with Crippen molar-refractivity contribution < 1.29 is 18.0 Å². The van der Waals surface area contributed by atoms with E-state index in [2.05, 4.69) is 22.2 Å². The number of nitrogens with one attached hydrogen (secondary N) is 2. The molecule has 0 aliphatic rings. The van der Waals surface area contributed by atoms with Crippen LogP contribution in [-0.4, -0.2) is 17.4 Å². The molecular formula is C16H14F3N3O. The third-order valence-corrected chi connectivity index (χ3v) is 2.89. The number of anilines is 2. The summed E-state index contributed by atoms with van der Waals surface area (Å²) in [5.41, 5.74) is 0.0415. The molecule has 2 aromatic rings. The number of hydrogen-bond acceptors (Lipinski definition) is 3. The van der Waals surface area contributed by atoms with Crippen molar-refractivity contribution in [3.05, 3.63) is 66.5 Å². The molecule has 0 unspecified atom stereocenters. The van der Waals surface area contributed by atoms with Crippen LogP contribution in [-0.2, 0) is 6.18 Å². The Kier molecular flexibility index (Phi) is 5.00. The van der Waals surface area contributed by atoms with Gasteiger partial charge in [-0.25, -0.2) is 4.98 Å². The Hall–Kier alpha value is -2.83. The molecule has 1 aromatic heterocycles. The monoisotopic (exact) mass is 321 g/mol. The minimum atomic E-state index is -4.46. The van der Waals surface area contributed by atoms with Crippen LogP contribution in [0.5, 0.6) is 0 Å². The molecule has 0 spiro atoms. The molecule has 0 saturated carbocycles. The lowest BCUT2D eigenvalue weighted by molar-refractivity contribution is -0.137. The van der Waals surface area contributed by atoms with Crippen molar-refractivity contribution in [1.82, 2.24) is 4.98 Å². The fraction of sp³-hybridized carbons (Fsp3) is 0.125. The Labute approximate surface area is 131 Å². The summed E-state index contributed by atoms with van der Waals surface area (Å²) in [5, 5.41) is 5.39. The number of nitrogens with zero attached hydrogens (tertiary/aromatic N) is 1. The van der Waals surface area contributed by atoms with Gasteiger partial charge in [-0.1, -0.05) is 12.1 Å². The Morgan fingerprint density at radius 2 is 2.00 bits per heavy atom. The van der Waals surface area contributed by atoms with E-state index in [-0.39, 0.29) is 11.4 Å². The molecule has 1 amide bonds. The molecule has 2 N–H and O–H groups in total. The topological polar surface area (TPSA) is 54.0 Å². The minimum absolute atomic E-state index is 0.0560. The van der Waals surface area contributed by atoms with Gasteiger partial charge in [0.25, 0.3) is 5.91 Å². The quantitative estimate of drug-likeness (QED) is 0.820. The van der Waals surface area contributed by atoms with E-state index in [1.807, 2.05) is 0 Å². The molecule has 23 heavy (non-hydrogen) atoms. The lowest BCUT2D eigenvalue weighted by Crippen LogP contribution is -2.14. The molecule has 0 aliphatic heterocycles. The van der Waals surface area contributed by atoms with E-state index in [0.29, 0.717) is 12.2 Å². The number of carbonyl (C=O) groups is 1. The zero-order chi connectivity index (χ0) is 16.9. The van der Waals surface area contributed by atoms with Crippen molar-refractivity contribution in [2.24, 2.45) is 0 Å². The number of hydrogen-bond donors (Lipinski definition) is 2. The highest BCUT2D eigenvalue weighted by atomic mass is 19.4. The highest BCUT2D eigenvalue weighted by molar-refractivity contribution is 6.03. The van der Waals surface area contributed by atoms with Gasteiger partial charge < -0.3 is 10.6 Å². The average Bonchev–Trinajstić information content (AvgIpc) is 2.53. The van der Waals surface area contributed by atoms with E-state index >= 15 is 0 Å². The van der Waals surface area contributed by atoms with Gasteiger partial charge in [0.2, 0.25) is 0 Å². The van der Waals surface area contributed by atoms with Gasteiger partial charge in [0.1, 0.15) is 5.69 Å². The number of alkyl halides is 3. The normalized spacial score (nSPS) is 10.9. The lowest BCUT2D eigenvalue weighted by Gasteiger charge is -2.10. The molecule has 7 heteroatoms. The molecule has 0 aliphatic carbocycles. The maximum absolute atomic E-state index is 12.6. The van der Waals surface area contributed by atoms with Crippen LogP contribution >= 0.6 is 0 Å². The van der Waals surface area contributed by atoms with Crippen molar-refractivity contribution >= 4 is 17.3 Å². The first-order valence-corrected chi connectivity index (χ1v) is 6.69. The number of halogens is 3. The second kappa shape index (κ2) is 6.95. The smallest absolute Gasteiger partial charge is 0.380 e. The summed E-state index contributed by atoms with van der Waals surface area (Å²) in [5.74, 6) is -0.584. The SMILES string of the molecule is C=CCNc1ccc(C(=O)Nc2cccc(C(F)(F)F)c2)nc1. The van der Waals surface area contributed by atoms with E-state index in [1.54, 1.807) is 12.1 Å². The van der Waals surface area contributed by atoms with E-state index in [1.165, 1.54) is 24.4 Å². The van der Waals surface area contributed by atoms with Crippen LogP contribution in [0.1, 0.15) is 16.1 Å².